The Hall–Kier alpha value is -5.98. The van der Waals surface area contributed by atoms with Crippen LogP contribution in [-0.2, 0) is 29.0 Å². The van der Waals surface area contributed by atoms with Gasteiger partial charge in [0.15, 0.2) is 0 Å². The molecular weight excluding hydrogens is 958 g/mol. The molecule has 7 heterocycles. The Morgan fingerprint density at radius 1 is 0.310 bits per heavy atom. The number of hydrogen-bond acceptors (Lipinski definition) is 4. The van der Waals surface area contributed by atoms with Crippen molar-refractivity contribution in [3.63, 3.8) is 0 Å². The van der Waals surface area contributed by atoms with Gasteiger partial charge in [0.2, 0.25) is 0 Å². The number of aromatic nitrogens is 4. The summed E-state index contributed by atoms with van der Waals surface area (Å²) in [6.07, 6.45) is 13.8. The Labute approximate surface area is 434 Å². The Balaban J connectivity index is 0.000000549. The normalized spacial score (nSPS) is 13.7. The van der Waals surface area contributed by atoms with Crippen molar-refractivity contribution in [1.29, 1.82) is 0 Å². The summed E-state index contributed by atoms with van der Waals surface area (Å²) in [5.41, 5.74) is 30.4. The quantitative estimate of drug-likeness (QED) is 0.164. The van der Waals surface area contributed by atoms with E-state index in [0.717, 1.165) is 116 Å². The molecule has 7 heteroatoms. The van der Waals surface area contributed by atoms with Crippen LogP contribution in [0, 0.1) is 83.1 Å². The van der Waals surface area contributed by atoms with Gasteiger partial charge in [-0.3, -0.25) is 0 Å². The van der Waals surface area contributed by atoms with Crippen molar-refractivity contribution in [3.05, 3.63) is 162 Å². The van der Waals surface area contributed by atoms with Gasteiger partial charge in [-0.2, -0.15) is 0 Å². The van der Waals surface area contributed by atoms with Gasteiger partial charge in [-0.05, 0) is 222 Å². The minimum atomic E-state index is 0. The summed E-state index contributed by atoms with van der Waals surface area (Å²) >= 11 is 0. The zero-order valence-corrected chi connectivity index (χ0v) is 45.6. The predicted octanol–water partition coefficient (Wildman–Crippen LogP) is 15.9. The molecule has 0 amide bonds. The van der Waals surface area contributed by atoms with Gasteiger partial charge in [0.05, 0.1) is 22.8 Å². The monoisotopic (exact) mass is 1030 g/mol. The van der Waals surface area contributed by atoms with Crippen LogP contribution in [0.2, 0.25) is 0 Å². The fourth-order valence-electron chi connectivity index (χ4n) is 11.4. The molecule has 0 unspecified atom stereocenters. The van der Waals surface area contributed by atoms with Crippen molar-refractivity contribution in [2.45, 2.75) is 109 Å². The molecule has 2 fully saturated rings. The average Bonchev–Trinajstić information content (AvgIpc) is 4.16. The molecule has 3 aromatic heterocycles. The molecule has 0 radical (unpaired) electrons. The average molecular weight is 1030 g/mol. The van der Waals surface area contributed by atoms with Gasteiger partial charge in [0.25, 0.3) is 0 Å². The number of rotatable bonds is 4. The smallest absolute Gasteiger partial charge is 0.657 e. The van der Waals surface area contributed by atoms with Crippen molar-refractivity contribution >= 4 is 46.4 Å². The molecule has 4 aliphatic rings. The molecule has 0 spiro atoms. The van der Waals surface area contributed by atoms with Crippen molar-refractivity contribution < 1.29 is 29.0 Å². The second-order valence-corrected chi connectivity index (χ2v) is 20.1. The number of ether oxygens (including phenoxy) is 2. The Morgan fingerprint density at radius 2 is 0.507 bits per heavy atom. The summed E-state index contributed by atoms with van der Waals surface area (Å²) in [5.74, 6) is 0. The van der Waals surface area contributed by atoms with E-state index in [1.54, 1.807) is 0 Å². The summed E-state index contributed by atoms with van der Waals surface area (Å²) in [5, 5.41) is 0. The Morgan fingerprint density at radius 3 is 0.676 bits per heavy atom. The fraction of sp³-hybridized carbons (Fsp3) is 0.312. The maximum absolute atomic E-state index is 5.59. The third-order valence-electron chi connectivity index (χ3n) is 14.0. The minimum absolute atomic E-state index is 0. The van der Waals surface area contributed by atoms with Gasteiger partial charge >= 0.3 is 19.5 Å². The molecule has 8 bridgehead atoms. The van der Waals surface area contributed by atoms with Gasteiger partial charge < -0.3 is 19.4 Å². The van der Waals surface area contributed by atoms with E-state index < -0.39 is 0 Å². The van der Waals surface area contributed by atoms with Gasteiger partial charge in [-0.1, -0.05) is 95.1 Å². The van der Waals surface area contributed by atoms with Crippen LogP contribution in [-0.4, -0.2) is 36.4 Å². The second-order valence-electron chi connectivity index (χ2n) is 20.1. The van der Waals surface area contributed by atoms with E-state index in [1.807, 2.05) is 0 Å². The first-order valence-electron chi connectivity index (χ1n) is 25.2. The summed E-state index contributed by atoms with van der Waals surface area (Å²) in [4.78, 5) is 22.4. The Kier molecular flexibility index (Phi) is 15.8. The topological polar surface area (TPSA) is 72.4 Å². The van der Waals surface area contributed by atoms with E-state index in [0.29, 0.717) is 0 Å². The molecular formula is C64H68N4O2Ru. The third-order valence-corrected chi connectivity index (χ3v) is 14.0. The molecule has 0 atom stereocenters. The molecule has 2 saturated heterocycles. The maximum Gasteiger partial charge on any atom is 2.00 e. The van der Waals surface area contributed by atoms with E-state index in [-0.39, 0.29) is 19.5 Å². The molecule has 0 saturated carbocycles. The van der Waals surface area contributed by atoms with Gasteiger partial charge in [0.1, 0.15) is 0 Å². The number of fused-ring (bicyclic) bond motifs is 8. The Bertz CT molecular complexity index is 2870. The van der Waals surface area contributed by atoms with Crippen LogP contribution in [0.25, 0.3) is 90.9 Å². The first-order valence-corrected chi connectivity index (χ1v) is 25.2. The molecule has 6 nitrogen and oxygen atoms in total. The fourth-order valence-corrected chi connectivity index (χ4v) is 11.4. The number of hydrogen-bond donors (Lipinski definition) is 0. The number of aryl methyl sites for hydroxylation is 12. The van der Waals surface area contributed by atoms with E-state index >= 15 is 0 Å². The van der Waals surface area contributed by atoms with Crippen LogP contribution < -0.4 is 9.97 Å². The molecule has 4 aromatic carbocycles. The zero-order chi connectivity index (χ0) is 49.4. The first-order chi connectivity index (χ1) is 33.7. The van der Waals surface area contributed by atoms with Crippen LogP contribution in [0.1, 0.15) is 115 Å². The second kappa shape index (κ2) is 21.8. The van der Waals surface area contributed by atoms with E-state index in [2.05, 4.69) is 180 Å². The zero-order valence-electron chi connectivity index (χ0n) is 43.9. The first kappa shape index (κ1) is 51.4. The molecule has 0 N–H and O–H groups in total. The van der Waals surface area contributed by atoms with Gasteiger partial charge in [-0.15, -0.1) is 22.1 Å². The molecule has 0 aliphatic carbocycles. The summed E-state index contributed by atoms with van der Waals surface area (Å²) in [6.45, 7) is 30.3. The largest absolute Gasteiger partial charge is 2.00 e. The van der Waals surface area contributed by atoms with Crippen LogP contribution >= 0.6 is 0 Å². The third kappa shape index (κ3) is 10.7. The predicted molar refractivity (Wildman–Crippen MR) is 295 cm³/mol. The number of nitrogens with zero attached hydrogens (tertiary/aromatic N) is 4. The van der Waals surface area contributed by atoms with Gasteiger partial charge in [-0.25, -0.2) is 9.97 Å². The van der Waals surface area contributed by atoms with Crippen LogP contribution in [0.15, 0.2) is 72.8 Å². The maximum atomic E-state index is 5.59. The van der Waals surface area contributed by atoms with Crippen LogP contribution in [0.5, 0.6) is 0 Å². The number of benzene rings is 4. The van der Waals surface area contributed by atoms with E-state index in [1.165, 1.54) is 92.4 Å². The molecule has 4 aliphatic heterocycles. The van der Waals surface area contributed by atoms with Crippen LogP contribution in [0.4, 0.5) is 0 Å². The summed E-state index contributed by atoms with van der Waals surface area (Å²) in [6, 6.07) is 26.9. The summed E-state index contributed by atoms with van der Waals surface area (Å²) in [7, 11) is 0. The van der Waals surface area contributed by atoms with Crippen molar-refractivity contribution in [3.8, 4) is 44.5 Å². The van der Waals surface area contributed by atoms with E-state index in [4.69, 9.17) is 29.4 Å². The minimum Gasteiger partial charge on any atom is -0.657 e. The molecule has 7 aromatic rings. The van der Waals surface area contributed by atoms with E-state index in [9.17, 15) is 0 Å². The van der Waals surface area contributed by atoms with Crippen molar-refractivity contribution in [2.24, 2.45) is 0 Å². The van der Waals surface area contributed by atoms with Crippen molar-refractivity contribution in [1.82, 2.24) is 19.9 Å². The SMILES string of the molecule is C1CCOC1.C1CCOC1.Cc1cc(C)c(-c2c3nc(c(-c4c(C)cc(C)cc4C)c4ccc([n-]4)c(-c4c(C)cc(C)cc4C)c4nc(c(-c5c(C)cc(C)cc5C)c5ccc2[n-]5)C=C4)C=C3)c(C)c1.[Ru+2]. The van der Waals surface area contributed by atoms with Crippen molar-refractivity contribution in [2.75, 3.05) is 26.4 Å². The summed E-state index contributed by atoms with van der Waals surface area (Å²) < 4.78 is 9.89. The molecule has 11 rings (SSSR count). The standard InChI is InChI=1S/C56H52N4.2C4H8O.Ru/c1-29-21-33(5)49(34(6)22-29)53-41-13-15-43(57-41)54(50-35(7)23-30(2)24-36(50)8)45-17-19-47(59-45)56(52-39(11)27-32(4)28-40(52)12)48-20-18-46(60-48)55(44-16-14-42(53)58-44)51-37(9)25-31(3)26-38(51)10;2*1-2-4-5-3-1;/h13-28H,1-12H3;2*1-4H2;/q-2;;;+2. The van der Waals surface area contributed by atoms with Gasteiger partial charge in [0, 0.05) is 26.4 Å². The van der Waals surface area contributed by atoms with Crippen LogP contribution in [0.3, 0.4) is 0 Å². The molecule has 364 valence electrons. The molecule has 71 heavy (non-hydrogen) atoms.